The zero-order chi connectivity index (χ0) is 18.7. The highest BCUT2D eigenvalue weighted by Gasteiger charge is 2.43. The lowest BCUT2D eigenvalue weighted by atomic mass is 9.68. The quantitative estimate of drug-likeness (QED) is 0.624. The standard InChI is InChI=1S/C19H36N4O2/c1-15(13-22(6)17(24)25-18(2,3)4)12-21-16(20-5)23-11-10-19(14-23)8-7-9-19/h15H,7-14H2,1-6H3,(H,20,21). The Morgan fingerprint density at radius 1 is 1.36 bits per heavy atom. The highest BCUT2D eigenvalue weighted by molar-refractivity contribution is 5.80. The van der Waals surface area contributed by atoms with E-state index in [1.54, 1.807) is 11.9 Å². The van der Waals surface area contributed by atoms with E-state index < -0.39 is 5.60 Å². The molecule has 0 aromatic heterocycles. The lowest BCUT2D eigenvalue weighted by Gasteiger charge is -2.38. The summed E-state index contributed by atoms with van der Waals surface area (Å²) in [4.78, 5) is 20.6. The van der Waals surface area contributed by atoms with E-state index in [1.807, 2.05) is 27.8 Å². The fourth-order valence-electron chi connectivity index (χ4n) is 3.75. The van der Waals surface area contributed by atoms with Crippen LogP contribution in [0.3, 0.4) is 0 Å². The van der Waals surface area contributed by atoms with Crippen LogP contribution in [0.5, 0.6) is 0 Å². The largest absolute Gasteiger partial charge is 0.444 e. The van der Waals surface area contributed by atoms with Crippen molar-refractivity contribution in [2.24, 2.45) is 16.3 Å². The Hall–Kier alpha value is -1.46. The summed E-state index contributed by atoms with van der Waals surface area (Å²) in [7, 11) is 3.64. The monoisotopic (exact) mass is 352 g/mol. The number of carbonyl (C=O) groups is 1. The van der Waals surface area contributed by atoms with Crippen LogP contribution < -0.4 is 5.32 Å². The van der Waals surface area contributed by atoms with Crippen LogP contribution >= 0.6 is 0 Å². The van der Waals surface area contributed by atoms with Crippen LogP contribution in [-0.4, -0.2) is 67.7 Å². The fourth-order valence-corrected chi connectivity index (χ4v) is 3.75. The number of aliphatic imine (C=N–C) groups is 1. The Bertz CT molecular complexity index is 494. The maximum absolute atomic E-state index is 12.1. The molecule has 1 saturated heterocycles. The van der Waals surface area contributed by atoms with E-state index in [0.717, 1.165) is 25.6 Å². The Balaban J connectivity index is 1.74. The van der Waals surface area contributed by atoms with Crippen molar-refractivity contribution >= 4 is 12.1 Å². The Morgan fingerprint density at radius 3 is 2.52 bits per heavy atom. The molecule has 1 heterocycles. The van der Waals surface area contributed by atoms with Crippen LogP contribution in [0.4, 0.5) is 4.79 Å². The molecule has 2 aliphatic rings. The minimum atomic E-state index is -0.456. The highest BCUT2D eigenvalue weighted by Crippen LogP contribution is 2.47. The van der Waals surface area contributed by atoms with Crippen molar-refractivity contribution in [3.05, 3.63) is 0 Å². The number of hydrogen-bond acceptors (Lipinski definition) is 3. The van der Waals surface area contributed by atoms with Gasteiger partial charge < -0.3 is 19.9 Å². The average Bonchev–Trinajstić information content (AvgIpc) is 2.91. The smallest absolute Gasteiger partial charge is 0.410 e. The third kappa shape index (κ3) is 5.51. The summed E-state index contributed by atoms with van der Waals surface area (Å²) < 4.78 is 5.40. The van der Waals surface area contributed by atoms with E-state index >= 15 is 0 Å². The molecular formula is C19H36N4O2. The molecule has 1 atom stereocenters. The number of rotatable bonds is 4. The second-order valence-electron chi connectivity index (χ2n) is 8.92. The maximum atomic E-state index is 12.1. The molecule has 0 radical (unpaired) electrons. The molecule has 2 fully saturated rings. The van der Waals surface area contributed by atoms with E-state index in [1.165, 1.54) is 25.7 Å². The van der Waals surface area contributed by atoms with E-state index in [-0.39, 0.29) is 6.09 Å². The molecule has 1 aliphatic carbocycles. The van der Waals surface area contributed by atoms with Gasteiger partial charge in [-0.15, -0.1) is 0 Å². The molecular weight excluding hydrogens is 316 g/mol. The summed E-state index contributed by atoms with van der Waals surface area (Å²) in [5.74, 6) is 1.31. The zero-order valence-corrected chi connectivity index (χ0v) is 16.9. The van der Waals surface area contributed by atoms with Gasteiger partial charge in [-0.2, -0.15) is 0 Å². The summed E-state index contributed by atoms with van der Waals surface area (Å²) >= 11 is 0. The number of amides is 1. The summed E-state index contributed by atoms with van der Waals surface area (Å²) in [6.07, 6.45) is 5.16. The Kier molecular flexibility index (Phi) is 6.22. The molecule has 6 heteroatoms. The Morgan fingerprint density at radius 2 is 2.04 bits per heavy atom. The highest BCUT2D eigenvalue weighted by atomic mass is 16.6. The first-order chi connectivity index (χ1) is 11.6. The number of ether oxygens (including phenoxy) is 1. The van der Waals surface area contributed by atoms with Crippen molar-refractivity contribution in [1.82, 2.24) is 15.1 Å². The molecule has 1 unspecified atom stereocenters. The molecule has 0 aromatic carbocycles. The Labute approximate surface area is 153 Å². The van der Waals surface area contributed by atoms with Gasteiger partial charge in [0.05, 0.1) is 0 Å². The summed E-state index contributed by atoms with van der Waals surface area (Å²) in [6.45, 7) is 11.5. The van der Waals surface area contributed by atoms with E-state index in [4.69, 9.17) is 4.74 Å². The number of likely N-dealkylation sites (tertiary alicyclic amines) is 1. The predicted octanol–water partition coefficient (Wildman–Crippen LogP) is 2.94. The first kappa shape index (κ1) is 19.9. The molecule has 1 aliphatic heterocycles. The number of nitrogens with one attached hydrogen (secondary N) is 1. The van der Waals surface area contributed by atoms with Crippen molar-refractivity contribution < 1.29 is 9.53 Å². The summed E-state index contributed by atoms with van der Waals surface area (Å²) in [5.41, 5.74) is 0.113. The molecule has 1 spiro atoms. The van der Waals surface area contributed by atoms with Gasteiger partial charge in [-0.25, -0.2) is 4.79 Å². The molecule has 1 amide bonds. The molecule has 0 bridgehead atoms. The van der Waals surface area contributed by atoms with Crippen molar-refractivity contribution in [2.75, 3.05) is 40.3 Å². The summed E-state index contributed by atoms with van der Waals surface area (Å²) in [6, 6.07) is 0. The molecule has 25 heavy (non-hydrogen) atoms. The molecule has 144 valence electrons. The lowest BCUT2D eigenvalue weighted by molar-refractivity contribution is 0.0277. The van der Waals surface area contributed by atoms with Gasteiger partial charge in [0.1, 0.15) is 5.60 Å². The molecule has 2 rings (SSSR count). The molecule has 1 saturated carbocycles. The predicted molar refractivity (Wildman–Crippen MR) is 102 cm³/mol. The maximum Gasteiger partial charge on any atom is 0.410 e. The van der Waals surface area contributed by atoms with Gasteiger partial charge in [0.15, 0.2) is 5.96 Å². The van der Waals surface area contributed by atoms with Crippen LogP contribution in [0.15, 0.2) is 4.99 Å². The normalized spacial score (nSPS) is 21.0. The minimum Gasteiger partial charge on any atom is -0.444 e. The molecule has 6 nitrogen and oxygen atoms in total. The second kappa shape index (κ2) is 7.83. The van der Waals surface area contributed by atoms with Crippen LogP contribution in [0.2, 0.25) is 0 Å². The number of guanidine groups is 1. The fraction of sp³-hybridized carbons (Fsp3) is 0.895. The summed E-state index contributed by atoms with van der Waals surface area (Å²) in [5, 5.41) is 3.49. The van der Waals surface area contributed by atoms with Gasteiger partial charge >= 0.3 is 6.09 Å². The third-order valence-corrected chi connectivity index (χ3v) is 5.26. The van der Waals surface area contributed by atoms with E-state index in [9.17, 15) is 4.79 Å². The van der Waals surface area contributed by atoms with Gasteiger partial charge in [0.25, 0.3) is 0 Å². The van der Waals surface area contributed by atoms with Gasteiger partial charge in [-0.3, -0.25) is 4.99 Å². The van der Waals surface area contributed by atoms with Gasteiger partial charge in [0, 0.05) is 40.3 Å². The van der Waals surface area contributed by atoms with Gasteiger partial charge in [-0.05, 0) is 51.4 Å². The number of hydrogen-bond donors (Lipinski definition) is 1. The molecule has 0 aromatic rings. The minimum absolute atomic E-state index is 0.268. The van der Waals surface area contributed by atoms with Crippen molar-refractivity contribution in [3.63, 3.8) is 0 Å². The van der Waals surface area contributed by atoms with E-state index in [2.05, 4.69) is 22.1 Å². The van der Waals surface area contributed by atoms with Crippen molar-refractivity contribution in [3.8, 4) is 0 Å². The van der Waals surface area contributed by atoms with Crippen LogP contribution in [0.25, 0.3) is 0 Å². The SMILES string of the molecule is CN=C(NCC(C)CN(C)C(=O)OC(C)(C)C)N1CCC2(CCC2)C1. The van der Waals surface area contributed by atoms with Crippen molar-refractivity contribution in [1.29, 1.82) is 0 Å². The first-order valence-electron chi connectivity index (χ1n) is 9.54. The van der Waals surface area contributed by atoms with Crippen molar-refractivity contribution in [2.45, 2.75) is 59.0 Å². The van der Waals surface area contributed by atoms with Crippen LogP contribution in [0.1, 0.15) is 53.4 Å². The third-order valence-electron chi connectivity index (χ3n) is 5.26. The topological polar surface area (TPSA) is 57.2 Å². The van der Waals surface area contributed by atoms with E-state index in [0.29, 0.717) is 17.9 Å². The second-order valence-corrected chi connectivity index (χ2v) is 8.92. The van der Waals surface area contributed by atoms with Gasteiger partial charge in [-0.1, -0.05) is 13.3 Å². The number of carbonyl (C=O) groups excluding carboxylic acids is 1. The van der Waals surface area contributed by atoms with Crippen LogP contribution in [0, 0.1) is 11.3 Å². The lowest BCUT2D eigenvalue weighted by Crippen LogP contribution is -2.45. The zero-order valence-electron chi connectivity index (χ0n) is 16.9. The van der Waals surface area contributed by atoms with Gasteiger partial charge in [0.2, 0.25) is 0 Å². The first-order valence-corrected chi connectivity index (χ1v) is 9.54. The average molecular weight is 353 g/mol. The van der Waals surface area contributed by atoms with Crippen LogP contribution in [-0.2, 0) is 4.74 Å². The molecule has 1 N–H and O–H groups in total. The number of nitrogens with zero attached hydrogens (tertiary/aromatic N) is 3.